The number of hydrogen-bond acceptors (Lipinski definition) is 6. The number of nitrogens with one attached hydrogen (secondary N) is 1. The molecule has 1 fully saturated rings. The molecule has 1 aromatic carbocycles. The summed E-state index contributed by atoms with van der Waals surface area (Å²) in [6.45, 7) is 4.65. The summed E-state index contributed by atoms with van der Waals surface area (Å²) in [6.07, 6.45) is 0. The van der Waals surface area contributed by atoms with Gasteiger partial charge in [-0.15, -0.1) is 0 Å². The Balaban J connectivity index is 2.03. The molecule has 164 valence electrons. The first kappa shape index (κ1) is 23.6. The fourth-order valence-electron chi connectivity index (χ4n) is 3.00. The standard InChI is InChI=1S/C19H32N4O4S2/c1-5-20-19(21-8-13-29(24,25)23-9-11-28-12-10-23)22(2)15-16-6-7-17(26-3)14-18(16)27-4/h6-7,14H,5,8-13,15H2,1-4H3,(H,20,21). The maximum atomic E-state index is 12.5. The van der Waals surface area contributed by atoms with Crippen LogP contribution in [0.15, 0.2) is 23.2 Å². The lowest BCUT2D eigenvalue weighted by atomic mass is 10.2. The second-order valence-corrected chi connectivity index (χ2v) is 9.91. The summed E-state index contributed by atoms with van der Waals surface area (Å²) in [5.41, 5.74) is 0.986. The number of guanidine groups is 1. The molecule has 0 aromatic heterocycles. The molecular weight excluding hydrogens is 412 g/mol. The van der Waals surface area contributed by atoms with Crippen LogP contribution in [0.2, 0.25) is 0 Å². The lowest BCUT2D eigenvalue weighted by Crippen LogP contribution is -2.41. The van der Waals surface area contributed by atoms with Gasteiger partial charge in [0.25, 0.3) is 0 Å². The summed E-state index contributed by atoms with van der Waals surface area (Å²) in [4.78, 5) is 6.49. The molecule has 0 saturated carbocycles. The fraction of sp³-hybridized carbons (Fsp3) is 0.632. The van der Waals surface area contributed by atoms with Gasteiger partial charge in [-0.25, -0.2) is 12.7 Å². The van der Waals surface area contributed by atoms with Gasteiger partial charge in [0, 0.05) is 56.4 Å². The minimum absolute atomic E-state index is 0.0201. The van der Waals surface area contributed by atoms with Crippen molar-refractivity contribution in [2.24, 2.45) is 4.99 Å². The Morgan fingerprint density at radius 2 is 2.00 bits per heavy atom. The van der Waals surface area contributed by atoms with E-state index < -0.39 is 10.0 Å². The number of hydrogen-bond donors (Lipinski definition) is 1. The predicted molar refractivity (Wildman–Crippen MR) is 120 cm³/mol. The minimum atomic E-state index is -3.26. The number of benzene rings is 1. The van der Waals surface area contributed by atoms with Crippen LogP contribution < -0.4 is 14.8 Å². The third kappa shape index (κ3) is 6.97. The second kappa shape index (κ2) is 11.5. The van der Waals surface area contributed by atoms with Crippen LogP contribution in [0.5, 0.6) is 11.5 Å². The Hall–Kier alpha value is -1.65. The molecule has 1 heterocycles. The van der Waals surface area contributed by atoms with Crippen LogP contribution in [0.3, 0.4) is 0 Å². The predicted octanol–water partition coefficient (Wildman–Crippen LogP) is 1.48. The van der Waals surface area contributed by atoms with E-state index in [0.717, 1.165) is 28.6 Å². The van der Waals surface area contributed by atoms with Crippen LogP contribution in [0.1, 0.15) is 12.5 Å². The SMILES string of the molecule is CCNC(=NCCS(=O)(=O)N1CCSCC1)N(C)Cc1ccc(OC)cc1OC. The van der Waals surface area contributed by atoms with E-state index in [0.29, 0.717) is 32.1 Å². The van der Waals surface area contributed by atoms with Gasteiger partial charge >= 0.3 is 0 Å². The highest BCUT2D eigenvalue weighted by Crippen LogP contribution is 2.25. The zero-order valence-electron chi connectivity index (χ0n) is 17.7. The van der Waals surface area contributed by atoms with Gasteiger partial charge in [0.2, 0.25) is 10.0 Å². The van der Waals surface area contributed by atoms with Gasteiger partial charge in [0.1, 0.15) is 11.5 Å². The van der Waals surface area contributed by atoms with Crippen LogP contribution in [0.25, 0.3) is 0 Å². The average Bonchev–Trinajstić information content (AvgIpc) is 2.73. The number of methoxy groups -OCH3 is 2. The molecule has 0 aliphatic carbocycles. The number of nitrogens with zero attached hydrogens (tertiary/aromatic N) is 3. The summed E-state index contributed by atoms with van der Waals surface area (Å²) < 4.78 is 37.3. The molecule has 1 saturated heterocycles. The number of thioether (sulfide) groups is 1. The van der Waals surface area contributed by atoms with Crippen molar-refractivity contribution < 1.29 is 17.9 Å². The van der Waals surface area contributed by atoms with Crippen molar-refractivity contribution in [3.05, 3.63) is 23.8 Å². The van der Waals surface area contributed by atoms with Crippen LogP contribution in [-0.2, 0) is 16.6 Å². The van der Waals surface area contributed by atoms with E-state index in [1.54, 1.807) is 30.3 Å². The van der Waals surface area contributed by atoms with Gasteiger partial charge < -0.3 is 19.7 Å². The van der Waals surface area contributed by atoms with Crippen LogP contribution in [-0.4, -0.2) is 88.3 Å². The van der Waals surface area contributed by atoms with Gasteiger partial charge in [-0.2, -0.15) is 11.8 Å². The maximum Gasteiger partial charge on any atom is 0.215 e. The Morgan fingerprint density at radius 3 is 2.62 bits per heavy atom. The molecular formula is C19H32N4O4S2. The summed E-state index contributed by atoms with van der Waals surface area (Å²) in [5, 5.41) is 3.23. The van der Waals surface area contributed by atoms with Crippen LogP contribution in [0, 0.1) is 0 Å². The van der Waals surface area contributed by atoms with Gasteiger partial charge in [0.15, 0.2) is 5.96 Å². The normalized spacial score (nSPS) is 15.8. The quantitative estimate of drug-likeness (QED) is 0.456. The highest BCUT2D eigenvalue weighted by Gasteiger charge is 2.23. The summed E-state index contributed by atoms with van der Waals surface area (Å²) in [6, 6.07) is 5.69. The first-order valence-electron chi connectivity index (χ1n) is 9.67. The first-order chi connectivity index (χ1) is 13.9. The highest BCUT2D eigenvalue weighted by molar-refractivity contribution is 7.99. The van der Waals surface area contributed by atoms with E-state index in [1.807, 2.05) is 37.1 Å². The monoisotopic (exact) mass is 444 g/mol. The van der Waals surface area contributed by atoms with Crippen LogP contribution in [0.4, 0.5) is 0 Å². The average molecular weight is 445 g/mol. The molecule has 8 nitrogen and oxygen atoms in total. The number of sulfonamides is 1. The molecule has 10 heteroatoms. The zero-order chi connectivity index (χ0) is 21.3. The van der Waals surface area contributed by atoms with E-state index in [1.165, 1.54) is 0 Å². The van der Waals surface area contributed by atoms with Gasteiger partial charge in [-0.1, -0.05) is 0 Å². The Morgan fingerprint density at radius 1 is 1.28 bits per heavy atom. The van der Waals surface area contributed by atoms with Crippen molar-refractivity contribution in [1.82, 2.24) is 14.5 Å². The maximum absolute atomic E-state index is 12.5. The van der Waals surface area contributed by atoms with E-state index >= 15 is 0 Å². The third-order valence-corrected chi connectivity index (χ3v) is 7.37. The van der Waals surface area contributed by atoms with Gasteiger partial charge in [-0.3, -0.25) is 4.99 Å². The largest absolute Gasteiger partial charge is 0.497 e. The van der Waals surface area contributed by atoms with Crippen molar-refractivity contribution in [3.8, 4) is 11.5 Å². The van der Waals surface area contributed by atoms with Crippen molar-refractivity contribution >= 4 is 27.7 Å². The summed E-state index contributed by atoms with van der Waals surface area (Å²) in [7, 11) is 1.90. The lowest BCUT2D eigenvalue weighted by Gasteiger charge is -2.26. The third-order valence-electron chi connectivity index (χ3n) is 4.57. The van der Waals surface area contributed by atoms with Crippen LogP contribution >= 0.6 is 11.8 Å². The molecule has 1 aromatic rings. The minimum Gasteiger partial charge on any atom is -0.497 e. The Kier molecular flexibility index (Phi) is 9.38. The van der Waals surface area contributed by atoms with Gasteiger partial charge in [0.05, 0.1) is 26.5 Å². The van der Waals surface area contributed by atoms with Crippen molar-refractivity contribution in [2.45, 2.75) is 13.5 Å². The number of aliphatic imine (C=N–C) groups is 1. The summed E-state index contributed by atoms with van der Waals surface area (Å²) in [5.74, 6) is 3.86. The molecule has 0 spiro atoms. The van der Waals surface area contributed by atoms with Crippen molar-refractivity contribution in [1.29, 1.82) is 0 Å². The molecule has 0 bridgehead atoms. The molecule has 1 N–H and O–H groups in total. The number of ether oxygens (including phenoxy) is 2. The first-order valence-corrected chi connectivity index (χ1v) is 12.4. The van der Waals surface area contributed by atoms with E-state index in [2.05, 4.69) is 10.3 Å². The van der Waals surface area contributed by atoms with Crippen molar-refractivity contribution in [2.75, 3.05) is 64.7 Å². The molecule has 0 amide bonds. The zero-order valence-corrected chi connectivity index (χ0v) is 19.3. The number of rotatable bonds is 9. The molecule has 29 heavy (non-hydrogen) atoms. The molecule has 2 rings (SSSR count). The lowest BCUT2D eigenvalue weighted by molar-refractivity contribution is 0.382. The fourth-order valence-corrected chi connectivity index (χ4v) is 5.46. The Bertz CT molecular complexity index is 780. The molecule has 0 radical (unpaired) electrons. The highest BCUT2D eigenvalue weighted by atomic mass is 32.2. The van der Waals surface area contributed by atoms with E-state index in [4.69, 9.17) is 9.47 Å². The van der Waals surface area contributed by atoms with Gasteiger partial charge in [-0.05, 0) is 19.1 Å². The van der Waals surface area contributed by atoms with E-state index in [-0.39, 0.29) is 12.3 Å². The molecule has 0 unspecified atom stereocenters. The summed E-state index contributed by atoms with van der Waals surface area (Å²) >= 11 is 1.79. The molecule has 0 atom stereocenters. The van der Waals surface area contributed by atoms with E-state index in [9.17, 15) is 8.42 Å². The second-order valence-electron chi connectivity index (χ2n) is 6.60. The molecule has 1 aliphatic rings. The van der Waals surface area contributed by atoms with Crippen molar-refractivity contribution in [3.63, 3.8) is 0 Å². The smallest absolute Gasteiger partial charge is 0.215 e. The molecule has 1 aliphatic heterocycles. The Labute approximate surface area is 178 Å². The topological polar surface area (TPSA) is 83.5 Å².